The molecule has 8 nitrogen and oxygen atoms in total. The van der Waals surface area contributed by atoms with Crippen LogP contribution in [0, 0.1) is 6.92 Å². The number of amides is 2. The average molecular weight is 448 g/mol. The lowest BCUT2D eigenvalue weighted by Gasteiger charge is -2.10. The van der Waals surface area contributed by atoms with Crippen molar-refractivity contribution in [3.05, 3.63) is 64.9 Å². The van der Waals surface area contributed by atoms with E-state index in [4.69, 9.17) is 4.42 Å². The Kier molecular flexibility index (Phi) is 6.40. The molecule has 2 amide bonds. The van der Waals surface area contributed by atoms with Crippen LogP contribution in [0.5, 0.6) is 0 Å². The summed E-state index contributed by atoms with van der Waals surface area (Å²) in [5.74, 6) is -0.582. The Morgan fingerprint density at radius 1 is 1.03 bits per heavy atom. The first-order valence-electron chi connectivity index (χ1n) is 9.05. The molecule has 10 heteroatoms. The number of furan rings is 1. The van der Waals surface area contributed by atoms with Crippen molar-refractivity contribution < 1.29 is 22.4 Å². The van der Waals surface area contributed by atoms with Crippen LogP contribution in [0.2, 0.25) is 0 Å². The summed E-state index contributed by atoms with van der Waals surface area (Å²) in [5, 5.41) is 5.95. The quantitative estimate of drug-likeness (QED) is 0.509. The molecule has 3 rings (SSSR count). The van der Waals surface area contributed by atoms with E-state index in [-0.39, 0.29) is 22.6 Å². The molecule has 3 N–H and O–H groups in total. The van der Waals surface area contributed by atoms with E-state index in [1.54, 1.807) is 39.0 Å². The van der Waals surface area contributed by atoms with E-state index >= 15 is 0 Å². The Balaban J connectivity index is 1.69. The van der Waals surface area contributed by atoms with Crippen molar-refractivity contribution in [3.8, 4) is 0 Å². The van der Waals surface area contributed by atoms with E-state index in [0.717, 1.165) is 11.3 Å². The van der Waals surface area contributed by atoms with Crippen LogP contribution in [0.25, 0.3) is 0 Å². The Hall–Kier alpha value is -2.95. The van der Waals surface area contributed by atoms with Gasteiger partial charge >= 0.3 is 0 Å². The number of hydrogen-bond donors (Lipinski definition) is 3. The first-order chi connectivity index (χ1) is 14.2. The molecule has 0 aliphatic rings. The highest BCUT2D eigenvalue weighted by Crippen LogP contribution is 2.28. The standard InChI is InChI=1S/C20H21N3O5S2/c1-12(2)23-30(26,27)15-8-6-14(7-9-15)21-20(25)18-13(3)11-17(29-18)22-19(24)16-5-4-10-28-16/h4-12,23H,1-3H3,(H,21,25)(H,22,24). The predicted molar refractivity (Wildman–Crippen MR) is 116 cm³/mol. The van der Waals surface area contributed by atoms with Gasteiger partial charge in [0.25, 0.3) is 11.8 Å². The Labute approximate surface area is 178 Å². The van der Waals surface area contributed by atoms with Crippen LogP contribution in [0.1, 0.15) is 39.6 Å². The van der Waals surface area contributed by atoms with Crippen molar-refractivity contribution in [2.24, 2.45) is 0 Å². The molecule has 0 radical (unpaired) electrons. The number of hydrogen-bond acceptors (Lipinski definition) is 6. The molecule has 0 aliphatic carbocycles. The number of rotatable bonds is 7. The van der Waals surface area contributed by atoms with Gasteiger partial charge in [-0.25, -0.2) is 13.1 Å². The highest BCUT2D eigenvalue weighted by atomic mass is 32.2. The minimum absolute atomic E-state index is 0.115. The third-order valence-corrected chi connectivity index (χ3v) is 6.74. The number of benzene rings is 1. The monoisotopic (exact) mass is 447 g/mol. The minimum atomic E-state index is -3.60. The average Bonchev–Trinajstić information content (AvgIpc) is 3.31. The summed E-state index contributed by atoms with van der Waals surface area (Å²) in [5.41, 5.74) is 1.16. The van der Waals surface area contributed by atoms with Crippen LogP contribution in [0.4, 0.5) is 10.7 Å². The molecule has 0 aliphatic heterocycles. The van der Waals surface area contributed by atoms with Crippen molar-refractivity contribution in [2.75, 3.05) is 10.6 Å². The Morgan fingerprint density at radius 2 is 1.73 bits per heavy atom. The number of sulfonamides is 1. The molecule has 1 aromatic carbocycles. The number of carbonyl (C=O) groups is 2. The van der Waals surface area contributed by atoms with Crippen molar-refractivity contribution in [2.45, 2.75) is 31.7 Å². The van der Waals surface area contributed by atoms with Gasteiger partial charge in [-0.05, 0) is 68.8 Å². The smallest absolute Gasteiger partial charge is 0.291 e. The first kappa shape index (κ1) is 21.8. The van der Waals surface area contributed by atoms with E-state index in [1.807, 2.05) is 0 Å². The summed E-state index contributed by atoms with van der Waals surface area (Å²) < 4.78 is 31.9. The third kappa shape index (κ3) is 5.15. The molecule has 0 unspecified atom stereocenters. The van der Waals surface area contributed by atoms with E-state index in [9.17, 15) is 18.0 Å². The fourth-order valence-corrected chi connectivity index (χ4v) is 4.85. The van der Waals surface area contributed by atoms with Gasteiger partial charge in [-0.1, -0.05) is 0 Å². The highest BCUT2D eigenvalue weighted by molar-refractivity contribution is 7.89. The summed E-state index contributed by atoms with van der Waals surface area (Å²) in [4.78, 5) is 25.3. The second-order valence-electron chi connectivity index (χ2n) is 6.81. The first-order valence-corrected chi connectivity index (χ1v) is 11.3. The van der Waals surface area contributed by atoms with Gasteiger partial charge in [0, 0.05) is 11.7 Å². The predicted octanol–water partition coefficient (Wildman–Crippen LogP) is 3.84. The maximum absolute atomic E-state index is 12.6. The highest BCUT2D eigenvalue weighted by Gasteiger charge is 2.18. The fraction of sp³-hybridized carbons (Fsp3) is 0.200. The molecular weight excluding hydrogens is 426 g/mol. The van der Waals surface area contributed by atoms with Crippen LogP contribution in [0.15, 0.2) is 58.0 Å². The van der Waals surface area contributed by atoms with Crippen LogP contribution in [-0.2, 0) is 10.0 Å². The molecule has 0 bridgehead atoms. The normalized spacial score (nSPS) is 11.5. The summed E-state index contributed by atoms with van der Waals surface area (Å²) in [6, 6.07) is 10.5. The summed E-state index contributed by atoms with van der Waals surface area (Å²) in [6.07, 6.45) is 1.41. The van der Waals surface area contributed by atoms with Gasteiger partial charge in [-0.15, -0.1) is 11.3 Å². The van der Waals surface area contributed by atoms with Gasteiger partial charge in [0.1, 0.15) is 0 Å². The molecule has 0 fully saturated rings. The summed E-state index contributed by atoms with van der Waals surface area (Å²) in [6.45, 7) is 5.24. The van der Waals surface area contributed by atoms with Crippen molar-refractivity contribution in [3.63, 3.8) is 0 Å². The molecular formula is C20H21N3O5S2. The maximum Gasteiger partial charge on any atom is 0.291 e. The van der Waals surface area contributed by atoms with Gasteiger partial charge < -0.3 is 15.1 Å². The summed E-state index contributed by atoms with van der Waals surface area (Å²) in [7, 11) is -3.60. The zero-order chi connectivity index (χ0) is 21.9. The Morgan fingerprint density at radius 3 is 2.33 bits per heavy atom. The van der Waals surface area contributed by atoms with Crippen molar-refractivity contribution >= 4 is 43.9 Å². The van der Waals surface area contributed by atoms with E-state index < -0.39 is 15.9 Å². The second-order valence-corrected chi connectivity index (χ2v) is 9.57. The van der Waals surface area contributed by atoms with Gasteiger partial charge in [0.2, 0.25) is 10.0 Å². The third-order valence-electron chi connectivity index (χ3n) is 3.92. The van der Waals surface area contributed by atoms with Crippen LogP contribution < -0.4 is 15.4 Å². The van der Waals surface area contributed by atoms with Gasteiger partial charge in [-0.3, -0.25) is 9.59 Å². The number of aryl methyl sites for hydroxylation is 1. The molecule has 2 heterocycles. The Bertz CT molecular complexity index is 1150. The van der Waals surface area contributed by atoms with E-state index in [0.29, 0.717) is 21.1 Å². The zero-order valence-electron chi connectivity index (χ0n) is 16.6. The molecule has 2 aromatic heterocycles. The van der Waals surface area contributed by atoms with Gasteiger partial charge in [-0.2, -0.15) is 0 Å². The maximum atomic E-state index is 12.6. The van der Waals surface area contributed by atoms with Crippen LogP contribution in [0.3, 0.4) is 0 Å². The van der Waals surface area contributed by atoms with Crippen LogP contribution in [-0.4, -0.2) is 26.3 Å². The molecule has 0 saturated carbocycles. The molecule has 158 valence electrons. The minimum Gasteiger partial charge on any atom is -0.459 e. The number of nitrogens with one attached hydrogen (secondary N) is 3. The topological polar surface area (TPSA) is 118 Å². The number of anilines is 2. The van der Waals surface area contributed by atoms with Crippen molar-refractivity contribution in [1.82, 2.24) is 4.72 Å². The lowest BCUT2D eigenvalue weighted by Crippen LogP contribution is -2.30. The number of carbonyl (C=O) groups excluding carboxylic acids is 2. The van der Waals surface area contributed by atoms with Crippen LogP contribution >= 0.6 is 11.3 Å². The van der Waals surface area contributed by atoms with Gasteiger partial charge in [0.15, 0.2) is 5.76 Å². The lowest BCUT2D eigenvalue weighted by molar-refractivity contribution is 0.0995. The lowest BCUT2D eigenvalue weighted by atomic mass is 10.2. The SMILES string of the molecule is Cc1cc(NC(=O)c2ccco2)sc1C(=O)Nc1ccc(S(=O)(=O)NC(C)C)cc1. The second kappa shape index (κ2) is 8.82. The molecule has 3 aromatic rings. The molecule has 0 atom stereocenters. The van der Waals surface area contributed by atoms with E-state index in [2.05, 4.69) is 15.4 Å². The molecule has 30 heavy (non-hydrogen) atoms. The largest absolute Gasteiger partial charge is 0.459 e. The van der Waals surface area contributed by atoms with Crippen molar-refractivity contribution in [1.29, 1.82) is 0 Å². The molecule has 0 spiro atoms. The van der Waals surface area contributed by atoms with E-state index in [1.165, 1.54) is 30.5 Å². The molecule has 0 saturated heterocycles. The fourth-order valence-electron chi connectivity index (χ4n) is 2.63. The van der Waals surface area contributed by atoms with Gasteiger partial charge in [0.05, 0.1) is 21.0 Å². The summed E-state index contributed by atoms with van der Waals surface area (Å²) >= 11 is 1.14. The number of thiophene rings is 1. The zero-order valence-corrected chi connectivity index (χ0v) is 18.2.